The highest BCUT2D eigenvalue weighted by molar-refractivity contribution is 6.78. The second kappa shape index (κ2) is 9.10. The first-order valence-electron chi connectivity index (χ1n) is 8.16. The fourth-order valence-electron chi connectivity index (χ4n) is 2.94. The van der Waals surface area contributed by atoms with Gasteiger partial charge in [0.1, 0.15) is 11.3 Å². The van der Waals surface area contributed by atoms with Gasteiger partial charge in [0.2, 0.25) is 0 Å². The van der Waals surface area contributed by atoms with E-state index in [2.05, 4.69) is 0 Å². The van der Waals surface area contributed by atoms with Crippen molar-refractivity contribution in [1.29, 1.82) is 0 Å². The number of hydrogen-bond donors (Lipinski definition) is 0. The van der Waals surface area contributed by atoms with E-state index >= 15 is 0 Å². The van der Waals surface area contributed by atoms with E-state index in [1.165, 1.54) is 0 Å². The van der Waals surface area contributed by atoms with Crippen LogP contribution in [0.1, 0.15) is 50.4 Å². The quantitative estimate of drug-likeness (QED) is 0.366. The number of unbranched alkanes of at least 4 members (excludes halogenated alkanes) is 1. The minimum absolute atomic E-state index is 0.0132. The smallest absolute Gasteiger partial charge is 0.359 e. The van der Waals surface area contributed by atoms with Gasteiger partial charge in [0.05, 0.1) is 0 Å². The molecule has 0 amide bonds. The molecule has 0 N–H and O–H groups in total. The van der Waals surface area contributed by atoms with E-state index < -0.39 is 14.1 Å². The average molecular weight is 337 g/mol. The summed E-state index contributed by atoms with van der Waals surface area (Å²) in [5, 5.41) is 0. The Morgan fingerprint density at radius 2 is 1.65 bits per heavy atom. The Morgan fingerprint density at radius 3 is 2.09 bits per heavy atom. The summed E-state index contributed by atoms with van der Waals surface area (Å²) in [5.41, 5.74) is -0.304. The third-order valence-electron chi connectivity index (χ3n) is 4.26. The van der Waals surface area contributed by atoms with Gasteiger partial charge in [-0.3, -0.25) is 9.59 Å². The van der Waals surface area contributed by atoms with Gasteiger partial charge in [-0.2, -0.15) is 0 Å². The number of ketones is 2. The van der Waals surface area contributed by atoms with E-state index in [-0.39, 0.29) is 17.1 Å². The van der Waals surface area contributed by atoms with Crippen molar-refractivity contribution in [2.45, 2.75) is 51.1 Å². The van der Waals surface area contributed by atoms with Crippen molar-refractivity contribution in [3.05, 3.63) is 35.9 Å². The Hall–Kier alpha value is -1.30. The topological polar surface area (TPSA) is 52.6 Å². The van der Waals surface area contributed by atoms with Gasteiger partial charge in [-0.1, -0.05) is 57.5 Å². The predicted molar refractivity (Wildman–Crippen MR) is 93.9 cm³/mol. The highest BCUT2D eigenvalue weighted by Gasteiger charge is 2.54. The third kappa shape index (κ3) is 4.37. The average Bonchev–Trinajstić information content (AvgIpc) is 2.57. The third-order valence-corrected chi connectivity index (χ3v) is 8.54. The summed E-state index contributed by atoms with van der Waals surface area (Å²) < 4.78 is 11.5. The Kier molecular flexibility index (Phi) is 7.82. The molecule has 0 bridgehead atoms. The molecule has 0 aliphatic carbocycles. The lowest BCUT2D eigenvalue weighted by Gasteiger charge is -2.36. The molecule has 0 saturated heterocycles. The van der Waals surface area contributed by atoms with E-state index in [1.54, 1.807) is 38.5 Å². The van der Waals surface area contributed by atoms with Crippen molar-refractivity contribution in [3.63, 3.8) is 0 Å². The molecule has 0 fully saturated rings. The molecule has 0 aromatic heterocycles. The van der Waals surface area contributed by atoms with Crippen LogP contribution in [0.5, 0.6) is 0 Å². The zero-order valence-corrected chi connectivity index (χ0v) is 15.8. The fraction of sp³-hybridized carbons (Fsp3) is 0.556. The summed E-state index contributed by atoms with van der Waals surface area (Å²) in [6.45, 7) is 5.94. The number of carbonyl (C=O) groups is 2. The monoisotopic (exact) mass is 336 g/mol. The van der Waals surface area contributed by atoms with Gasteiger partial charge in [-0.25, -0.2) is 0 Å². The van der Waals surface area contributed by atoms with E-state index in [4.69, 9.17) is 8.85 Å². The molecule has 1 rings (SSSR count). The zero-order valence-electron chi connectivity index (χ0n) is 14.8. The van der Waals surface area contributed by atoms with Crippen molar-refractivity contribution < 1.29 is 18.4 Å². The zero-order chi connectivity index (χ0) is 17.5. The summed E-state index contributed by atoms with van der Waals surface area (Å²) in [7, 11) is 0.0912. The second-order valence-electron chi connectivity index (χ2n) is 6.02. The van der Waals surface area contributed by atoms with E-state index in [0.29, 0.717) is 12.0 Å². The second-order valence-corrected chi connectivity index (χ2v) is 10.0. The van der Waals surface area contributed by atoms with Crippen LogP contribution in [0.4, 0.5) is 0 Å². The lowest BCUT2D eigenvalue weighted by Crippen LogP contribution is -2.53. The number of hydrogen-bond acceptors (Lipinski definition) is 4. The van der Waals surface area contributed by atoms with Crippen LogP contribution in [0, 0.1) is 0 Å². The molecule has 0 aliphatic rings. The molecule has 0 radical (unpaired) electrons. The van der Waals surface area contributed by atoms with E-state index in [1.807, 2.05) is 26.8 Å². The van der Waals surface area contributed by atoms with Crippen molar-refractivity contribution in [2.24, 2.45) is 0 Å². The Bertz CT molecular complexity index is 509. The first-order valence-corrected chi connectivity index (χ1v) is 10.1. The van der Waals surface area contributed by atoms with Crippen molar-refractivity contribution in [3.8, 4) is 0 Å². The molecular formula is C18H28O4Si. The van der Waals surface area contributed by atoms with Crippen LogP contribution in [0.2, 0.25) is 11.1 Å². The number of carbonyl (C=O) groups excluding carboxylic acids is 2. The predicted octanol–water partition coefficient (Wildman–Crippen LogP) is 4.14. The first-order chi connectivity index (χ1) is 10.9. The van der Waals surface area contributed by atoms with Crippen LogP contribution in [-0.2, 0) is 13.6 Å². The molecule has 0 spiro atoms. The molecule has 128 valence electrons. The molecule has 0 aliphatic heterocycles. The molecule has 1 unspecified atom stereocenters. The molecule has 4 nitrogen and oxygen atoms in total. The molecule has 1 aromatic rings. The number of benzene rings is 1. The molecule has 5 heteroatoms. The largest absolute Gasteiger partial charge is 0.397 e. The Morgan fingerprint density at radius 1 is 1.09 bits per heavy atom. The summed E-state index contributed by atoms with van der Waals surface area (Å²) in [6, 6.07) is 8.95. The van der Waals surface area contributed by atoms with Crippen LogP contribution in [0.3, 0.4) is 0 Å². The SMILES string of the molecule is CCCCC(=O)C(C(=O)c1ccccc1)[Si](OC)(OC)C(C)C. The molecule has 0 saturated carbocycles. The summed E-state index contributed by atoms with van der Waals surface area (Å²) in [5.74, 6) is -0.250. The van der Waals surface area contributed by atoms with Gasteiger partial charge in [-0.05, 0) is 12.0 Å². The van der Waals surface area contributed by atoms with E-state index in [9.17, 15) is 9.59 Å². The van der Waals surface area contributed by atoms with E-state index in [0.717, 1.165) is 12.8 Å². The maximum Gasteiger partial charge on any atom is 0.359 e. The van der Waals surface area contributed by atoms with Gasteiger partial charge < -0.3 is 8.85 Å². The van der Waals surface area contributed by atoms with Crippen LogP contribution >= 0.6 is 0 Å². The van der Waals surface area contributed by atoms with Gasteiger partial charge in [0, 0.05) is 26.2 Å². The lowest BCUT2D eigenvalue weighted by atomic mass is 10.0. The normalized spacial score (nSPS) is 13.1. The minimum atomic E-state index is -3.01. The first kappa shape index (κ1) is 19.7. The van der Waals surface area contributed by atoms with Crippen molar-refractivity contribution >= 4 is 20.1 Å². The maximum atomic E-state index is 13.1. The molecule has 0 heterocycles. The van der Waals surface area contributed by atoms with Crippen LogP contribution in [0.25, 0.3) is 0 Å². The van der Waals surface area contributed by atoms with Crippen molar-refractivity contribution in [2.75, 3.05) is 14.2 Å². The summed E-state index contributed by atoms with van der Waals surface area (Å²) in [6.07, 6.45) is 2.07. The van der Waals surface area contributed by atoms with Gasteiger partial charge in [0.15, 0.2) is 5.78 Å². The lowest BCUT2D eigenvalue weighted by molar-refractivity contribution is -0.119. The molecular weight excluding hydrogens is 308 g/mol. The van der Waals surface area contributed by atoms with Crippen LogP contribution in [0.15, 0.2) is 30.3 Å². The molecule has 23 heavy (non-hydrogen) atoms. The summed E-state index contributed by atoms with van der Waals surface area (Å²) in [4.78, 5) is 25.9. The minimum Gasteiger partial charge on any atom is -0.397 e. The van der Waals surface area contributed by atoms with Crippen molar-refractivity contribution in [1.82, 2.24) is 0 Å². The fourth-order valence-corrected chi connectivity index (χ4v) is 6.31. The highest BCUT2D eigenvalue weighted by Crippen LogP contribution is 2.38. The molecule has 1 atom stereocenters. The highest BCUT2D eigenvalue weighted by atomic mass is 28.4. The van der Waals surface area contributed by atoms with Crippen LogP contribution < -0.4 is 0 Å². The Balaban J connectivity index is 3.31. The maximum absolute atomic E-state index is 13.1. The Labute approximate surface area is 140 Å². The number of rotatable bonds is 10. The van der Waals surface area contributed by atoms with Gasteiger partial charge in [-0.15, -0.1) is 0 Å². The van der Waals surface area contributed by atoms with Gasteiger partial charge >= 0.3 is 8.56 Å². The van der Waals surface area contributed by atoms with Crippen LogP contribution in [-0.4, -0.2) is 34.3 Å². The number of Topliss-reactive ketones (excluding diaryl/α,β-unsaturated/α-hetero) is 2. The standard InChI is InChI=1S/C18H28O4Si/c1-6-7-13-16(19)18(23(21-4,22-5)14(2)3)17(20)15-11-9-8-10-12-15/h8-12,14,18H,6-7,13H2,1-5H3. The summed E-state index contributed by atoms with van der Waals surface area (Å²) >= 11 is 0. The van der Waals surface area contributed by atoms with Gasteiger partial charge in [0.25, 0.3) is 0 Å². The molecule has 1 aromatic carbocycles.